The molecule has 0 spiro atoms. The second-order valence-corrected chi connectivity index (χ2v) is 4.18. The van der Waals surface area contributed by atoms with E-state index in [2.05, 4.69) is 32.7 Å². The van der Waals surface area contributed by atoms with Gasteiger partial charge in [-0.1, -0.05) is 33.1 Å². The highest BCUT2D eigenvalue weighted by molar-refractivity contribution is 7.30. The minimum atomic E-state index is -2.87. The van der Waals surface area contributed by atoms with Gasteiger partial charge in [0.2, 0.25) is 0 Å². The number of rotatable bonds is 6. The first-order valence-electron chi connectivity index (χ1n) is 5.50. The largest absolute Gasteiger partial charge is 0.692 e. The zero-order valence-electron chi connectivity index (χ0n) is 10.3. The fourth-order valence-electron chi connectivity index (χ4n) is 1.22. The van der Waals surface area contributed by atoms with Crippen LogP contribution in [0.2, 0.25) is 0 Å². The van der Waals surface area contributed by atoms with Gasteiger partial charge >= 0.3 is 8.25 Å². The van der Waals surface area contributed by atoms with Crippen molar-refractivity contribution in [3.63, 3.8) is 0 Å². The third-order valence-electron chi connectivity index (χ3n) is 2.48. The van der Waals surface area contributed by atoms with E-state index in [4.69, 9.17) is 14.4 Å². The van der Waals surface area contributed by atoms with E-state index >= 15 is 0 Å². The smallest absolute Gasteiger partial charge is 0.304 e. The van der Waals surface area contributed by atoms with E-state index < -0.39 is 8.25 Å². The molecule has 5 heteroatoms. The molecule has 0 aliphatic rings. The minimum absolute atomic E-state index is 0.770. The van der Waals surface area contributed by atoms with Gasteiger partial charge in [-0.05, 0) is 26.9 Å². The van der Waals surface area contributed by atoms with Gasteiger partial charge in [-0.15, -0.1) is 9.79 Å². The van der Waals surface area contributed by atoms with Crippen molar-refractivity contribution >= 4 is 8.25 Å². The van der Waals surface area contributed by atoms with Crippen LogP contribution in [0.15, 0.2) is 0 Å². The maximum absolute atomic E-state index is 8.70. The molecular weight excluding hydrogens is 213 g/mol. The molecule has 0 radical (unpaired) electrons. The molecule has 0 heterocycles. The summed E-state index contributed by atoms with van der Waals surface area (Å²) in [6.07, 6.45) is 5.48. The maximum atomic E-state index is 8.70. The van der Waals surface area contributed by atoms with Crippen LogP contribution < -0.4 is 0 Å². The molecule has 0 saturated carbocycles. The Balaban J connectivity index is 0. The zero-order valence-corrected chi connectivity index (χ0v) is 11.2. The van der Waals surface area contributed by atoms with E-state index in [1.165, 1.54) is 32.2 Å². The summed E-state index contributed by atoms with van der Waals surface area (Å²) in [5, 5.41) is 0. The van der Waals surface area contributed by atoms with Gasteiger partial charge in [-0.2, -0.15) is 0 Å². The lowest BCUT2D eigenvalue weighted by Gasteiger charge is -2.22. The average Bonchev–Trinajstić information content (AvgIpc) is 2.16. The molecule has 0 aromatic carbocycles. The first kappa shape index (κ1) is 17.4. The molecule has 0 aliphatic heterocycles. The molecule has 15 heavy (non-hydrogen) atoms. The van der Waals surface area contributed by atoms with Crippen molar-refractivity contribution in [3.05, 3.63) is 0 Å². The van der Waals surface area contributed by atoms with Crippen molar-refractivity contribution in [1.82, 2.24) is 4.90 Å². The van der Waals surface area contributed by atoms with Gasteiger partial charge < -0.3 is 4.90 Å². The van der Waals surface area contributed by atoms with Crippen molar-refractivity contribution in [3.8, 4) is 0 Å². The van der Waals surface area contributed by atoms with Crippen molar-refractivity contribution in [2.75, 3.05) is 13.6 Å². The first-order valence-corrected chi connectivity index (χ1v) is 6.67. The molecule has 0 rings (SSSR count). The predicted octanol–water partition coefficient (Wildman–Crippen LogP) is 2.54. The molecule has 2 N–H and O–H groups in total. The SMILES string of the molecule is CCCCCC(C)N(C)CC.O=[P+](O)O. The van der Waals surface area contributed by atoms with Crippen LogP contribution in [0.5, 0.6) is 0 Å². The second kappa shape index (κ2) is 12.1. The summed E-state index contributed by atoms with van der Waals surface area (Å²) in [5.41, 5.74) is 0. The van der Waals surface area contributed by atoms with Crippen LogP contribution in [-0.2, 0) is 4.57 Å². The van der Waals surface area contributed by atoms with E-state index in [1.807, 2.05) is 0 Å². The monoisotopic (exact) mass is 238 g/mol. The summed E-state index contributed by atoms with van der Waals surface area (Å²) in [7, 11) is -0.665. The van der Waals surface area contributed by atoms with Gasteiger partial charge in [0.1, 0.15) is 0 Å². The Kier molecular flexibility index (Phi) is 14.0. The van der Waals surface area contributed by atoms with Crippen LogP contribution in [0.3, 0.4) is 0 Å². The molecule has 0 aromatic rings. The Hall–Kier alpha value is -0.0200. The average molecular weight is 238 g/mol. The Bertz CT molecular complexity index is 152. The lowest BCUT2D eigenvalue weighted by Crippen LogP contribution is -2.28. The first-order chi connectivity index (χ1) is 6.95. The molecule has 0 aromatic heterocycles. The van der Waals surface area contributed by atoms with Gasteiger partial charge in [0, 0.05) is 10.6 Å². The molecular formula is C10H25NO3P+. The fraction of sp³-hybridized carbons (Fsp3) is 1.00. The summed E-state index contributed by atoms with van der Waals surface area (Å²) in [6.45, 7) is 7.97. The summed E-state index contributed by atoms with van der Waals surface area (Å²) >= 11 is 0. The fourth-order valence-corrected chi connectivity index (χ4v) is 1.22. The number of hydrogen-bond donors (Lipinski definition) is 2. The Morgan fingerprint density at radius 1 is 1.27 bits per heavy atom. The van der Waals surface area contributed by atoms with Crippen LogP contribution in [0.4, 0.5) is 0 Å². The molecule has 4 nitrogen and oxygen atoms in total. The van der Waals surface area contributed by atoms with Crippen LogP contribution in [0.1, 0.15) is 46.5 Å². The van der Waals surface area contributed by atoms with E-state index in [1.54, 1.807) is 0 Å². The molecule has 1 atom stereocenters. The molecule has 1 unspecified atom stereocenters. The van der Waals surface area contributed by atoms with Crippen LogP contribution in [-0.4, -0.2) is 34.3 Å². The van der Waals surface area contributed by atoms with Crippen molar-refractivity contribution in [1.29, 1.82) is 0 Å². The summed E-state index contributed by atoms with van der Waals surface area (Å²) < 4.78 is 8.70. The number of nitrogens with zero attached hydrogens (tertiary/aromatic N) is 1. The van der Waals surface area contributed by atoms with Gasteiger partial charge in [-0.3, -0.25) is 0 Å². The van der Waals surface area contributed by atoms with Gasteiger partial charge in [0.15, 0.2) is 0 Å². The molecule has 0 aliphatic carbocycles. The number of hydrogen-bond acceptors (Lipinski definition) is 2. The molecule has 0 amide bonds. The summed E-state index contributed by atoms with van der Waals surface area (Å²) in [6, 6.07) is 0.770. The van der Waals surface area contributed by atoms with Crippen molar-refractivity contribution in [2.45, 2.75) is 52.5 Å². The van der Waals surface area contributed by atoms with Crippen LogP contribution >= 0.6 is 8.25 Å². The molecule has 0 bridgehead atoms. The molecule has 92 valence electrons. The van der Waals surface area contributed by atoms with Crippen LogP contribution in [0, 0.1) is 0 Å². The van der Waals surface area contributed by atoms with Crippen LogP contribution in [0.25, 0.3) is 0 Å². The Labute approximate surface area is 94.3 Å². The third kappa shape index (κ3) is 16.6. The van der Waals surface area contributed by atoms with Crippen molar-refractivity contribution < 1.29 is 14.4 Å². The predicted molar refractivity (Wildman–Crippen MR) is 64.0 cm³/mol. The Morgan fingerprint density at radius 2 is 1.73 bits per heavy atom. The highest BCUT2D eigenvalue weighted by Crippen LogP contribution is 2.07. The van der Waals surface area contributed by atoms with E-state index in [-0.39, 0.29) is 0 Å². The number of unbranched alkanes of at least 4 members (excludes halogenated alkanes) is 2. The zero-order chi connectivity index (χ0) is 12.3. The van der Waals surface area contributed by atoms with Gasteiger partial charge in [0.05, 0.1) is 0 Å². The second-order valence-electron chi connectivity index (χ2n) is 3.67. The maximum Gasteiger partial charge on any atom is 0.692 e. The molecule has 0 fully saturated rings. The normalized spacial score (nSPS) is 11.9. The summed E-state index contributed by atoms with van der Waals surface area (Å²) in [5.74, 6) is 0. The van der Waals surface area contributed by atoms with Gasteiger partial charge in [0.25, 0.3) is 0 Å². The topological polar surface area (TPSA) is 60.8 Å². The van der Waals surface area contributed by atoms with Gasteiger partial charge in [-0.25, -0.2) is 0 Å². The highest BCUT2D eigenvalue weighted by atomic mass is 31.1. The standard InChI is InChI=1S/C10H23N.HO3P/c1-5-7-8-9-10(3)11(4)6-2;1-4(2)3/h10H,5-9H2,1-4H3;(H-,1,2,3)/p+1. The van der Waals surface area contributed by atoms with E-state index in [9.17, 15) is 0 Å². The van der Waals surface area contributed by atoms with E-state index in [0.717, 1.165) is 6.04 Å². The lowest BCUT2D eigenvalue weighted by molar-refractivity contribution is 0.253. The molecule has 0 saturated heterocycles. The van der Waals surface area contributed by atoms with Crippen molar-refractivity contribution in [2.24, 2.45) is 0 Å². The quantitative estimate of drug-likeness (QED) is 0.551. The Morgan fingerprint density at radius 3 is 2.07 bits per heavy atom. The third-order valence-corrected chi connectivity index (χ3v) is 2.48. The highest BCUT2D eigenvalue weighted by Gasteiger charge is 2.04. The minimum Gasteiger partial charge on any atom is -0.304 e. The van der Waals surface area contributed by atoms with E-state index in [0.29, 0.717) is 0 Å². The summed E-state index contributed by atoms with van der Waals surface area (Å²) in [4.78, 5) is 16.7. The lowest BCUT2D eigenvalue weighted by atomic mass is 10.1.